The molecule has 1 saturated heterocycles. The van der Waals surface area contributed by atoms with Gasteiger partial charge in [0.15, 0.2) is 0 Å². The van der Waals surface area contributed by atoms with Crippen molar-refractivity contribution in [3.8, 4) is 0 Å². The number of nitrogens with one attached hydrogen (secondary N) is 1. The van der Waals surface area contributed by atoms with Crippen LogP contribution in [-0.4, -0.2) is 72.3 Å². The van der Waals surface area contributed by atoms with Gasteiger partial charge in [-0.25, -0.2) is 4.79 Å². The predicted molar refractivity (Wildman–Crippen MR) is 76.6 cm³/mol. The highest BCUT2D eigenvalue weighted by Crippen LogP contribution is 2.06. The Morgan fingerprint density at radius 3 is 2.20 bits per heavy atom. The normalized spacial score (nSPS) is 16.6. The molecule has 0 aromatic heterocycles. The molecule has 114 valence electrons. The molecular formula is C12H21N3O4S. The van der Waals surface area contributed by atoms with E-state index in [4.69, 9.17) is 4.74 Å². The van der Waals surface area contributed by atoms with Gasteiger partial charge in [0.1, 0.15) is 6.04 Å². The molecule has 1 aliphatic rings. The van der Waals surface area contributed by atoms with Crippen molar-refractivity contribution in [2.24, 2.45) is 0 Å². The average Bonchev–Trinajstić information content (AvgIpc) is 2.44. The molecule has 0 bridgehead atoms. The van der Waals surface area contributed by atoms with Gasteiger partial charge in [-0.15, -0.1) is 0 Å². The Balaban J connectivity index is 2.49. The number of nitrogens with zero attached hydrogens (tertiary/aromatic N) is 2. The third-order valence-corrected chi connectivity index (χ3v) is 3.34. The van der Waals surface area contributed by atoms with Crippen LogP contribution < -0.4 is 5.32 Å². The van der Waals surface area contributed by atoms with E-state index in [0.29, 0.717) is 32.8 Å². The summed E-state index contributed by atoms with van der Waals surface area (Å²) in [6.45, 7) is 5.18. The molecule has 1 aliphatic heterocycles. The molecule has 1 atom stereocenters. The lowest BCUT2D eigenvalue weighted by molar-refractivity contribution is -0.136. The average molecular weight is 303 g/mol. The molecule has 8 heteroatoms. The molecule has 1 unspecified atom stereocenters. The van der Waals surface area contributed by atoms with Gasteiger partial charge in [0.25, 0.3) is 0 Å². The number of thiol groups is 1. The predicted octanol–water partition coefficient (Wildman–Crippen LogP) is -0.278. The zero-order valence-electron chi connectivity index (χ0n) is 11.8. The van der Waals surface area contributed by atoms with E-state index in [1.54, 1.807) is 16.7 Å². The molecule has 3 amide bonds. The molecule has 0 radical (unpaired) electrons. The molecule has 0 aromatic carbocycles. The molecule has 1 heterocycles. The van der Waals surface area contributed by atoms with Crippen molar-refractivity contribution in [1.29, 1.82) is 0 Å². The second-order valence-electron chi connectivity index (χ2n) is 4.45. The van der Waals surface area contributed by atoms with Gasteiger partial charge in [0.05, 0.1) is 6.61 Å². The summed E-state index contributed by atoms with van der Waals surface area (Å²) >= 11 is 4.08. The van der Waals surface area contributed by atoms with Crippen LogP contribution in [0.2, 0.25) is 0 Å². The molecular weight excluding hydrogens is 282 g/mol. The first-order valence-electron chi connectivity index (χ1n) is 6.58. The quantitative estimate of drug-likeness (QED) is 0.700. The Labute approximate surface area is 124 Å². The van der Waals surface area contributed by atoms with E-state index >= 15 is 0 Å². The van der Waals surface area contributed by atoms with E-state index in [2.05, 4.69) is 17.9 Å². The molecule has 20 heavy (non-hydrogen) atoms. The fraction of sp³-hybridized carbons (Fsp3) is 0.750. The maximum Gasteiger partial charge on any atom is 0.409 e. The van der Waals surface area contributed by atoms with Gasteiger partial charge in [-0.2, -0.15) is 12.6 Å². The number of amides is 3. The summed E-state index contributed by atoms with van der Waals surface area (Å²) in [5.74, 6) is -0.183. The van der Waals surface area contributed by atoms with E-state index in [-0.39, 0.29) is 23.7 Å². The lowest BCUT2D eigenvalue weighted by atomic mass is 10.2. The van der Waals surface area contributed by atoms with Crippen LogP contribution in [0.25, 0.3) is 0 Å². The first-order valence-corrected chi connectivity index (χ1v) is 7.21. The molecule has 0 saturated carbocycles. The molecule has 1 fully saturated rings. The van der Waals surface area contributed by atoms with Crippen molar-refractivity contribution in [3.63, 3.8) is 0 Å². The SMILES string of the molecule is CCOC(=O)N1CCN(C(=O)C(CS)NC(C)=O)CC1. The number of hydrogen-bond donors (Lipinski definition) is 2. The zero-order chi connectivity index (χ0) is 15.1. The number of hydrogen-bond acceptors (Lipinski definition) is 5. The maximum atomic E-state index is 12.2. The van der Waals surface area contributed by atoms with Crippen LogP contribution in [0.1, 0.15) is 13.8 Å². The largest absolute Gasteiger partial charge is 0.450 e. The van der Waals surface area contributed by atoms with Crippen molar-refractivity contribution in [2.75, 3.05) is 38.5 Å². The van der Waals surface area contributed by atoms with Gasteiger partial charge in [0.2, 0.25) is 11.8 Å². The first-order chi connectivity index (χ1) is 9.49. The fourth-order valence-corrected chi connectivity index (χ4v) is 2.22. The Hall–Kier alpha value is -1.44. The lowest BCUT2D eigenvalue weighted by Gasteiger charge is -2.35. The van der Waals surface area contributed by atoms with E-state index in [1.165, 1.54) is 6.92 Å². The van der Waals surface area contributed by atoms with Gasteiger partial charge in [-0.3, -0.25) is 9.59 Å². The molecule has 0 aromatic rings. The summed E-state index contributed by atoms with van der Waals surface area (Å²) in [7, 11) is 0. The minimum Gasteiger partial charge on any atom is -0.450 e. The van der Waals surface area contributed by atoms with Crippen molar-refractivity contribution < 1.29 is 19.1 Å². The maximum absolute atomic E-state index is 12.2. The van der Waals surface area contributed by atoms with Crippen LogP contribution in [0.15, 0.2) is 0 Å². The number of carbonyl (C=O) groups is 3. The van der Waals surface area contributed by atoms with Crippen LogP contribution in [0.5, 0.6) is 0 Å². The smallest absolute Gasteiger partial charge is 0.409 e. The van der Waals surface area contributed by atoms with Crippen LogP contribution in [0.4, 0.5) is 4.79 Å². The summed E-state index contributed by atoms with van der Waals surface area (Å²) < 4.78 is 4.91. The Morgan fingerprint density at radius 2 is 1.75 bits per heavy atom. The lowest BCUT2D eigenvalue weighted by Crippen LogP contribution is -2.56. The van der Waals surface area contributed by atoms with Gasteiger partial charge < -0.3 is 19.9 Å². The highest BCUT2D eigenvalue weighted by molar-refractivity contribution is 7.80. The second-order valence-corrected chi connectivity index (χ2v) is 4.81. The molecule has 0 spiro atoms. The van der Waals surface area contributed by atoms with Crippen LogP contribution >= 0.6 is 12.6 Å². The van der Waals surface area contributed by atoms with Crippen LogP contribution in [0.3, 0.4) is 0 Å². The first kappa shape index (κ1) is 16.6. The topological polar surface area (TPSA) is 79.0 Å². The standard InChI is InChI=1S/C12H21N3O4S/c1-3-19-12(18)15-6-4-14(5-7-15)11(17)10(8-20)13-9(2)16/h10,20H,3-8H2,1-2H3,(H,13,16). The van der Waals surface area contributed by atoms with Gasteiger partial charge in [-0.1, -0.05) is 0 Å². The van der Waals surface area contributed by atoms with Crippen molar-refractivity contribution >= 4 is 30.5 Å². The van der Waals surface area contributed by atoms with Gasteiger partial charge in [-0.05, 0) is 6.92 Å². The van der Waals surface area contributed by atoms with Crippen molar-refractivity contribution in [3.05, 3.63) is 0 Å². The number of ether oxygens (including phenoxy) is 1. The van der Waals surface area contributed by atoms with Crippen LogP contribution in [-0.2, 0) is 14.3 Å². The van der Waals surface area contributed by atoms with Crippen LogP contribution in [0, 0.1) is 0 Å². The highest BCUT2D eigenvalue weighted by Gasteiger charge is 2.29. The minimum atomic E-state index is -0.620. The van der Waals surface area contributed by atoms with Gasteiger partial charge >= 0.3 is 6.09 Å². The van der Waals surface area contributed by atoms with E-state index < -0.39 is 6.04 Å². The summed E-state index contributed by atoms with van der Waals surface area (Å²) in [6, 6.07) is -0.620. The Morgan fingerprint density at radius 1 is 1.20 bits per heavy atom. The van der Waals surface area contributed by atoms with E-state index in [9.17, 15) is 14.4 Å². The molecule has 7 nitrogen and oxygen atoms in total. The van der Waals surface area contributed by atoms with E-state index in [0.717, 1.165) is 0 Å². The van der Waals surface area contributed by atoms with Gasteiger partial charge in [0, 0.05) is 38.9 Å². The Kier molecular flexibility index (Phi) is 6.63. The second kappa shape index (κ2) is 7.98. The zero-order valence-corrected chi connectivity index (χ0v) is 12.7. The number of piperazine rings is 1. The van der Waals surface area contributed by atoms with Crippen molar-refractivity contribution in [2.45, 2.75) is 19.9 Å². The minimum absolute atomic E-state index is 0.168. The Bertz CT molecular complexity index is 370. The monoisotopic (exact) mass is 303 g/mol. The molecule has 0 aliphatic carbocycles. The summed E-state index contributed by atoms with van der Waals surface area (Å²) in [4.78, 5) is 38.0. The van der Waals surface area contributed by atoms with E-state index in [1.807, 2.05) is 0 Å². The number of carbonyl (C=O) groups excluding carboxylic acids is 3. The number of rotatable bonds is 4. The molecule has 1 rings (SSSR count). The third kappa shape index (κ3) is 4.59. The third-order valence-electron chi connectivity index (χ3n) is 2.98. The molecule has 1 N–H and O–H groups in total. The summed E-state index contributed by atoms with van der Waals surface area (Å²) in [5, 5.41) is 2.57. The summed E-state index contributed by atoms with van der Waals surface area (Å²) in [5.41, 5.74) is 0. The summed E-state index contributed by atoms with van der Waals surface area (Å²) in [6.07, 6.45) is -0.354. The van der Waals surface area contributed by atoms with Crippen molar-refractivity contribution in [1.82, 2.24) is 15.1 Å². The highest BCUT2D eigenvalue weighted by atomic mass is 32.1. The fourth-order valence-electron chi connectivity index (χ4n) is 1.98.